The molecule has 0 radical (unpaired) electrons. The van der Waals surface area contributed by atoms with Crippen molar-refractivity contribution < 1.29 is 24.1 Å². The highest BCUT2D eigenvalue weighted by Crippen LogP contribution is 2.21. The van der Waals surface area contributed by atoms with Gasteiger partial charge in [0, 0.05) is 12.1 Å². The summed E-state index contributed by atoms with van der Waals surface area (Å²) in [5, 5.41) is 22.3. The SMILES string of the molecule is O=C(NCCC(O)C(O)c1ccccc1F)OCc1ccccc1. The van der Waals surface area contributed by atoms with Gasteiger partial charge in [0.1, 0.15) is 18.5 Å². The van der Waals surface area contributed by atoms with Crippen molar-refractivity contribution in [2.75, 3.05) is 6.54 Å². The van der Waals surface area contributed by atoms with Crippen LogP contribution in [-0.2, 0) is 11.3 Å². The molecule has 0 aliphatic carbocycles. The van der Waals surface area contributed by atoms with Gasteiger partial charge in [-0.25, -0.2) is 9.18 Å². The first-order valence-corrected chi connectivity index (χ1v) is 7.63. The minimum Gasteiger partial charge on any atom is -0.445 e. The first-order chi connectivity index (χ1) is 11.6. The van der Waals surface area contributed by atoms with Crippen molar-refractivity contribution in [3.05, 3.63) is 71.5 Å². The summed E-state index contributed by atoms with van der Waals surface area (Å²) in [5.74, 6) is -0.584. The molecular formula is C18H20FNO4. The lowest BCUT2D eigenvalue weighted by Gasteiger charge is -2.18. The summed E-state index contributed by atoms with van der Waals surface area (Å²) in [6.45, 7) is 0.243. The fourth-order valence-electron chi connectivity index (χ4n) is 2.18. The van der Waals surface area contributed by atoms with E-state index in [1.165, 1.54) is 18.2 Å². The predicted molar refractivity (Wildman–Crippen MR) is 86.6 cm³/mol. The summed E-state index contributed by atoms with van der Waals surface area (Å²) < 4.78 is 18.6. The Kier molecular flexibility index (Phi) is 6.72. The van der Waals surface area contributed by atoms with Crippen LogP contribution in [0.3, 0.4) is 0 Å². The molecule has 0 saturated heterocycles. The van der Waals surface area contributed by atoms with Crippen LogP contribution in [-0.4, -0.2) is 29.0 Å². The van der Waals surface area contributed by atoms with E-state index in [4.69, 9.17) is 4.74 Å². The highest BCUT2D eigenvalue weighted by molar-refractivity contribution is 5.67. The van der Waals surface area contributed by atoms with Gasteiger partial charge < -0.3 is 20.3 Å². The monoisotopic (exact) mass is 333 g/mol. The third-order valence-electron chi connectivity index (χ3n) is 3.51. The summed E-state index contributed by atoms with van der Waals surface area (Å²) in [6.07, 6.45) is -3.10. The third kappa shape index (κ3) is 5.33. The van der Waals surface area contributed by atoms with Crippen LogP contribution >= 0.6 is 0 Å². The molecule has 6 heteroatoms. The number of halogens is 1. The van der Waals surface area contributed by atoms with Crippen molar-refractivity contribution in [2.45, 2.75) is 25.2 Å². The van der Waals surface area contributed by atoms with Gasteiger partial charge in [-0.15, -0.1) is 0 Å². The number of rotatable bonds is 7. The molecule has 0 saturated carbocycles. The van der Waals surface area contributed by atoms with E-state index >= 15 is 0 Å². The first kappa shape index (κ1) is 17.9. The molecule has 0 spiro atoms. The number of carbonyl (C=O) groups is 1. The quantitative estimate of drug-likeness (QED) is 0.727. The Morgan fingerprint density at radius 1 is 1.08 bits per heavy atom. The Bertz CT molecular complexity index is 650. The van der Waals surface area contributed by atoms with Gasteiger partial charge in [-0.1, -0.05) is 48.5 Å². The molecule has 0 bridgehead atoms. The number of aliphatic hydroxyl groups excluding tert-OH is 2. The Morgan fingerprint density at radius 2 is 1.75 bits per heavy atom. The Labute approximate surface area is 139 Å². The maximum absolute atomic E-state index is 13.6. The molecule has 2 unspecified atom stereocenters. The van der Waals surface area contributed by atoms with Gasteiger partial charge in [-0.3, -0.25) is 0 Å². The van der Waals surface area contributed by atoms with E-state index in [1.54, 1.807) is 6.07 Å². The van der Waals surface area contributed by atoms with Gasteiger partial charge in [0.25, 0.3) is 0 Å². The van der Waals surface area contributed by atoms with Crippen LogP contribution in [0.5, 0.6) is 0 Å². The average Bonchev–Trinajstić information content (AvgIpc) is 2.60. The summed E-state index contributed by atoms with van der Waals surface area (Å²) in [5.41, 5.74) is 0.888. The maximum Gasteiger partial charge on any atom is 0.407 e. The smallest absolute Gasteiger partial charge is 0.407 e. The number of ether oxygens (including phenoxy) is 1. The number of amides is 1. The van der Waals surface area contributed by atoms with Gasteiger partial charge in [0.05, 0.1) is 6.10 Å². The number of aliphatic hydroxyl groups is 2. The van der Waals surface area contributed by atoms with Crippen LogP contribution in [0.25, 0.3) is 0 Å². The van der Waals surface area contributed by atoms with Crippen LogP contribution in [0.4, 0.5) is 9.18 Å². The second-order valence-electron chi connectivity index (χ2n) is 5.31. The van der Waals surface area contributed by atoms with Gasteiger partial charge in [0.2, 0.25) is 0 Å². The first-order valence-electron chi connectivity index (χ1n) is 7.63. The fourth-order valence-corrected chi connectivity index (χ4v) is 2.18. The van der Waals surface area contributed by atoms with Crippen molar-refractivity contribution in [2.24, 2.45) is 0 Å². The van der Waals surface area contributed by atoms with Crippen molar-refractivity contribution >= 4 is 6.09 Å². The van der Waals surface area contributed by atoms with E-state index in [2.05, 4.69) is 5.32 Å². The van der Waals surface area contributed by atoms with Crippen LogP contribution in [0.1, 0.15) is 23.7 Å². The van der Waals surface area contributed by atoms with Gasteiger partial charge in [-0.2, -0.15) is 0 Å². The molecule has 0 fully saturated rings. The van der Waals surface area contributed by atoms with Gasteiger partial charge in [-0.05, 0) is 18.1 Å². The summed E-state index contributed by atoms with van der Waals surface area (Å²) in [6, 6.07) is 14.9. The standard InChI is InChI=1S/C18H20FNO4/c19-15-9-5-4-8-14(15)17(22)16(21)10-11-20-18(23)24-12-13-6-2-1-3-7-13/h1-9,16-17,21-22H,10-12H2,(H,20,23). The van der Waals surface area contributed by atoms with Crippen molar-refractivity contribution in [1.82, 2.24) is 5.32 Å². The van der Waals surface area contributed by atoms with E-state index in [0.717, 1.165) is 5.56 Å². The summed E-state index contributed by atoms with van der Waals surface area (Å²) in [4.78, 5) is 11.6. The molecule has 2 aromatic carbocycles. The summed E-state index contributed by atoms with van der Waals surface area (Å²) in [7, 11) is 0. The molecule has 3 N–H and O–H groups in total. The van der Waals surface area contributed by atoms with Gasteiger partial charge in [0.15, 0.2) is 0 Å². The Hall–Kier alpha value is -2.44. The van der Waals surface area contributed by atoms with E-state index in [-0.39, 0.29) is 25.1 Å². The lowest BCUT2D eigenvalue weighted by Crippen LogP contribution is -2.30. The normalized spacial score (nSPS) is 13.1. The molecular weight excluding hydrogens is 313 g/mol. The molecule has 1 amide bonds. The lowest BCUT2D eigenvalue weighted by atomic mass is 10.0. The van der Waals surface area contributed by atoms with Crippen molar-refractivity contribution in [1.29, 1.82) is 0 Å². The van der Waals surface area contributed by atoms with Crippen molar-refractivity contribution in [3.63, 3.8) is 0 Å². The number of hydrogen-bond acceptors (Lipinski definition) is 4. The Morgan fingerprint density at radius 3 is 2.46 bits per heavy atom. The fraction of sp³-hybridized carbons (Fsp3) is 0.278. The molecule has 2 aromatic rings. The van der Waals surface area contributed by atoms with E-state index in [0.29, 0.717) is 0 Å². The van der Waals surface area contributed by atoms with Crippen LogP contribution in [0.15, 0.2) is 54.6 Å². The molecule has 0 aliphatic heterocycles. The third-order valence-corrected chi connectivity index (χ3v) is 3.51. The molecule has 0 aliphatic rings. The zero-order valence-electron chi connectivity index (χ0n) is 13.1. The number of alkyl carbamates (subject to hydrolysis) is 1. The Balaban J connectivity index is 1.71. The maximum atomic E-state index is 13.6. The highest BCUT2D eigenvalue weighted by atomic mass is 19.1. The second-order valence-corrected chi connectivity index (χ2v) is 5.31. The minimum absolute atomic E-state index is 0.0247. The highest BCUT2D eigenvalue weighted by Gasteiger charge is 2.21. The number of benzene rings is 2. The average molecular weight is 333 g/mol. The van der Waals surface area contributed by atoms with Crippen molar-refractivity contribution in [3.8, 4) is 0 Å². The van der Waals surface area contributed by atoms with E-state index in [9.17, 15) is 19.4 Å². The molecule has 128 valence electrons. The predicted octanol–water partition coefficient (Wildman–Crippen LogP) is 2.54. The topological polar surface area (TPSA) is 78.8 Å². The zero-order chi connectivity index (χ0) is 17.4. The number of carbonyl (C=O) groups excluding carboxylic acids is 1. The number of nitrogens with one attached hydrogen (secondary N) is 1. The van der Waals surface area contributed by atoms with Crippen LogP contribution in [0, 0.1) is 5.82 Å². The van der Waals surface area contributed by atoms with E-state index in [1.807, 2.05) is 30.3 Å². The summed E-state index contributed by atoms with van der Waals surface area (Å²) >= 11 is 0. The molecule has 24 heavy (non-hydrogen) atoms. The zero-order valence-corrected chi connectivity index (χ0v) is 13.1. The molecule has 2 atom stereocenters. The largest absolute Gasteiger partial charge is 0.445 e. The lowest BCUT2D eigenvalue weighted by molar-refractivity contribution is 0.0116. The molecule has 5 nitrogen and oxygen atoms in total. The number of hydrogen-bond donors (Lipinski definition) is 3. The minimum atomic E-state index is -1.35. The van der Waals surface area contributed by atoms with Gasteiger partial charge >= 0.3 is 6.09 Å². The van der Waals surface area contributed by atoms with Crippen LogP contribution < -0.4 is 5.32 Å². The molecule has 2 rings (SSSR count). The van der Waals surface area contributed by atoms with E-state index < -0.39 is 24.1 Å². The molecule has 0 heterocycles. The molecule has 0 aromatic heterocycles. The second kappa shape index (κ2) is 9.00. The van der Waals surface area contributed by atoms with Crippen LogP contribution in [0.2, 0.25) is 0 Å².